The highest BCUT2D eigenvalue weighted by atomic mass is 14.9. The second-order valence-electron chi connectivity index (χ2n) is 4.11. The van der Waals surface area contributed by atoms with Crippen LogP contribution in [0.3, 0.4) is 0 Å². The molecule has 0 aliphatic heterocycles. The first-order valence-electron chi connectivity index (χ1n) is 6.47. The molecule has 0 radical (unpaired) electrons. The van der Waals surface area contributed by atoms with Crippen LogP contribution < -0.4 is 11.5 Å². The lowest BCUT2D eigenvalue weighted by atomic mass is 9.99. The first kappa shape index (κ1) is 14.1. The van der Waals surface area contributed by atoms with Crippen LogP contribution in [-0.2, 0) is 0 Å². The van der Waals surface area contributed by atoms with Crippen molar-refractivity contribution in [1.29, 1.82) is 0 Å². The smallest absolute Gasteiger partial charge is 0.0921 e. The van der Waals surface area contributed by atoms with Crippen LogP contribution in [0, 0.1) is 0 Å². The van der Waals surface area contributed by atoms with Gasteiger partial charge >= 0.3 is 0 Å². The Labute approximate surface area is 118 Å². The highest BCUT2D eigenvalue weighted by Gasteiger charge is 2.13. The summed E-state index contributed by atoms with van der Waals surface area (Å²) in [5, 5.41) is 0. The van der Waals surface area contributed by atoms with E-state index in [9.17, 15) is 0 Å². The summed E-state index contributed by atoms with van der Waals surface area (Å²) in [7, 11) is 0. The lowest BCUT2D eigenvalue weighted by Crippen LogP contribution is -2.20. The van der Waals surface area contributed by atoms with Crippen molar-refractivity contribution in [2.45, 2.75) is 0 Å². The Balaban J connectivity index is 2.51. The molecule has 4 heteroatoms. The van der Waals surface area contributed by atoms with Gasteiger partial charge in [-0.2, -0.15) is 0 Å². The van der Waals surface area contributed by atoms with Gasteiger partial charge in [0, 0.05) is 11.1 Å². The van der Waals surface area contributed by atoms with Gasteiger partial charge in [0.15, 0.2) is 0 Å². The second-order valence-corrected chi connectivity index (χ2v) is 4.11. The molecule has 0 aromatic heterocycles. The van der Waals surface area contributed by atoms with Gasteiger partial charge in [0.05, 0.1) is 24.8 Å². The van der Waals surface area contributed by atoms with E-state index in [0.29, 0.717) is 0 Å². The van der Waals surface area contributed by atoms with Gasteiger partial charge in [-0.05, 0) is 0 Å². The Morgan fingerprint density at radius 3 is 1.30 bits per heavy atom. The number of hydrogen-bond donors (Lipinski definition) is 2. The Hall–Kier alpha value is -2.30. The highest BCUT2D eigenvalue weighted by molar-refractivity contribution is 6.53. The molecule has 2 aromatic carbocycles. The summed E-state index contributed by atoms with van der Waals surface area (Å²) >= 11 is 0. The molecule has 0 aliphatic rings. The van der Waals surface area contributed by atoms with E-state index in [0.717, 1.165) is 22.6 Å². The SMILES string of the molecule is NC/N=C(/C(=N/CN)c1ccccc1)c1ccccc1. The van der Waals surface area contributed by atoms with Crippen LogP contribution in [0.15, 0.2) is 70.6 Å². The van der Waals surface area contributed by atoms with Crippen LogP contribution >= 0.6 is 0 Å². The Morgan fingerprint density at radius 1 is 0.650 bits per heavy atom. The fourth-order valence-corrected chi connectivity index (χ4v) is 1.98. The van der Waals surface area contributed by atoms with E-state index in [1.54, 1.807) is 0 Å². The van der Waals surface area contributed by atoms with Crippen LogP contribution in [0.2, 0.25) is 0 Å². The van der Waals surface area contributed by atoms with Crippen LogP contribution in [0.5, 0.6) is 0 Å². The monoisotopic (exact) mass is 266 g/mol. The summed E-state index contributed by atoms with van der Waals surface area (Å²) < 4.78 is 0. The number of hydrogen-bond acceptors (Lipinski definition) is 4. The summed E-state index contributed by atoms with van der Waals surface area (Å²) in [4.78, 5) is 8.80. The molecule has 0 saturated carbocycles. The molecule has 0 spiro atoms. The molecule has 2 rings (SSSR count). The largest absolute Gasteiger partial charge is 0.312 e. The summed E-state index contributed by atoms with van der Waals surface area (Å²) in [5.74, 6) is 0. The van der Waals surface area contributed by atoms with Crippen molar-refractivity contribution in [3.05, 3.63) is 71.8 Å². The van der Waals surface area contributed by atoms with Crippen molar-refractivity contribution in [1.82, 2.24) is 0 Å². The molecule has 2 aromatic rings. The van der Waals surface area contributed by atoms with E-state index in [-0.39, 0.29) is 13.3 Å². The Kier molecular flexibility index (Phi) is 5.17. The van der Waals surface area contributed by atoms with Gasteiger partial charge in [0.25, 0.3) is 0 Å². The average molecular weight is 266 g/mol. The van der Waals surface area contributed by atoms with E-state index in [1.165, 1.54) is 0 Å². The van der Waals surface area contributed by atoms with Gasteiger partial charge in [-0.1, -0.05) is 60.7 Å². The maximum Gasteiger partial charge on any atom is 0.0921 e. The molecule has 0 saturated heterocycles. The maximum atomic E-state index is 5.61. The highest BCUT2D eigenvalue weighted by Crippen LogP contribution is 2.10. The minimum Gasteiger partial charge on any atom is -0.312 e. The van der Waals surface area contributed by atoms with Crippen LogP contribution in [0.4, 0.5) is 0 Å². The third-order valence-electron chi connectivity index (χ3n) is 2.82. The van der Waals surface area contributed by atoms with E-state index in [4.69, 9.17) is 11.5 Å². The van der Waals surface area contributed by atoms with Gasteiger partial charge in [-0.25, -0.2) is 0 Å². The maximum absolute atomic E-state index is 5.61. The van der Waals surface area contributed by atoms with E-state index < -0.39 is 0 Å². The predicted octanol–water partition coefficient (Wildman–Crippen LogP) is 1.80. The molecule has 0 heterocycles. The standard InChI is InChI=1S/C16H18N4/c17-11-19-15(13-7-3-1-4-8-13)16(20-12-18)14-9-5-2-6-10-14/h1-10H,11-12,17-18H2/b19-15+,20-16+. The molecule has 4 N–H and O–H groups in total. The van der Waals surface area contributed by atoms with Gasteiger partial charge in [0.1, 0.15) is 0 Å². The van der Waals surface area contributed by atoms with Crippen LogP contribution in [0.25, 0.3) is 0 Å². The molecule has 102 valence electrons. The Morgan fingerprint density at radius 2 is 1.00 bits per heavy atom. The lowest BCUT2D eigenvalue weighted by molar-refractivity contribution is 1.06. The van der Waals surface area contributed by atoms with Crippen molar-refractivity contribution in [3.63, 3.8) is 0 Å². The molecule has 20 heavy (non-hydrogen) atoms. The molecule has 0 unspecified atom stereocenters. The number of nitrogens with two attached hydrogens (primary N) is 2. The van der Waals surface area contributed by atoms with Crippen LogP contribution in [-0.4, -0.2) is 24.8 Å². The zero-order valence-electron chi connectivity index (χ0n) is 11.2. The first-order valence-corrected chi connectivity index (χ1v) is 6.47. The first-order chi connectivity index (χ1) is 9.86. The van der Waals surface area contributed by atoms with Gasteiger partial charge in [-0.15, -0.1) is 0 Å². The molecule has 0 aliphatic carbocycles. The minimum atomic E-state index is 0.209. The molecule has 0 atom stereocenters. The van der Waals surface area contributed by atoms with E-state index >= 15 is 0 Å². The number of benzene rings is 2. The molecule has 0 fully saturated rings. The van der Waals surface area contributed by atoms with Gasteiger partial charge < -0.3 is 11.5 Å². The van der Waals surface area contributed by atoms with Crippen molar-refractivity contribution in [3.8, 4) is 0 Å². The normalized spacial score (nSPS) is 12.5. The number of rotatable bonds is 5. The molecule has 0 amide bonds. The van der Waals surface area contributed by atoms with Crippen molar-refractivity contribution in [2.75, 3.05) is 13.3 Å². The molecule has 4 nitrogen and oxygen atoms in total. The zero-order chi connectivity index (χ0) is 14.2. The topological polar surface area (TPSA) is 76.8 Å². The van der Waals surface area contributed by atoms with E-state index in [1.807, 2.05) is 60.7 Å². The van der Waals surface area contributed by atoms with Crippen molar-refractivity contribution in [2.24, 2.45) is 21.5 Å². The Bertz CT molecular complexity index is 533. The minimum absolute atomic E-state index is 0.209. The third-order valence-corrected chi connectivity index (χ3v) is 2.82. The summed E-state index contributed by atoms with van der Waals surface area (Å²) in [6.07, 6.45) is 0. The fourth-order valence-electron chi connectivity index (χ4n) is 1.98. The van der Waals surface area contributed by atoms with Crippen LogP contribution in [0.1, 0.15) is 11.1 Å². The molecular weight excluding hydrogens is 248 g/mol. The summed E-state index contributed by atoms with van der Waals surface area (Å²) in [6, 6.07) is 19.7. The molecular formula is C16H18N4. The quantitative estimate of drug-likeness (QED) is 0.809. The van der Waals surface area contributed by atoms with Crippen molar-refractivity contribution < 1.29 is 0 Å². The third kappa shape index (κ3) is 3.38. The summed E-state index contributed by atoms with van der Waals surface area (Å²) in [5.41, 5.74) is 14.7. The number of nitrogens with zero attached hydrogens (tertiary/aromatic N) is 2. The van der Waals surface area contributed by atoms with Crippen molar-refractivity contribution >= 4 is 11.4 Å². The van der Waals surface area contributed by atoms with Gasteiger partial charge in [-0.3, -0.25) is 9.98 Å². The van der Waals surface area contributed by atoms with Gasteiger partial charge in [0.2, 0.25) is 0 Å². The second kappa shape index (κ2) is 7.33. The predicted molar refractivity (Wildman–Crippen MR) is 84.1 cm³/mol. The fraction of sp³-hybridized carbons (Fsp3) is 0.125. The lowest BCUT2D eigenvalue weighted by Gasteiger charge is -2.11. The zero-order valence-corrected chi connectivity index (χ0v) is 11.2. The summed E-state index contributed by atoms with van der Waals surface area (Å²) in [6.45, 7) is 0.418. The number of aliphatic imine (C=N–C) groups is 2. The molecule has 0 bridgehead atoms. The average Bonchev–Trinajstić information content (AvgIpc) is 2.52. The van der Waals surface area contributed by atoms with E-state index in [2.05, 4.69) is 9.98 Å².